The molecule has 4 heteroatoms. The molecule has 0 fully saturated rings. The molecule has 2 rings (SSSR count). The molecule has 2 N–H and O–H groups in total. The van der Waals surface area contributed by atoms with Crippen LogP contribution in [0, 0.1) is 11.6 Å². The van der Waals surface area contributed by atoms with E-state index in [1.807, 2.05) is 19.1 Å². The second-order valence-electron chi connectivity index (χ2n) is 4.51. The highest BCUT2D eigenvalue weighted by molar-refractivity contribution is 5.31. The molecule has 0 amide bonds. The zero-order valence-corrected chi connectivity index (χ0v) is 11.3. The first-order valence-corrected chi connectivity index (χ1v) is 6.53. The van der Waals surface area contributed by atoms with Crippen LogP contribution in [0.25, 0.3) is 0 Å². The van der Waals surface area contributed by atoms with Gasteiger partial charge in [0.2, 0.25) is 0 Å². The number of benzene rings is 2. The first kappa shape index (κ1) is 14.5. The van der Waals surface area contributed by atoms with Crippen molar-refractivity contribution in [2.24, 2.45) is 5.73 Å². The Balaban J connectivity index is 2.13. The van der Waals surface area contributed by atoms with Gasteiger partial charge < -0.3 is 10.5 Å². The number of ether oxygens (including phenoxy) is 1. The third-order valence-corrected chi connectivity index (χ3v) is 3.10. The maximum atomic E-state index is 13.6. The summed E-state index contributed by atoms with van der Waals surface area (Å²) in [6.07, 6.45) is 0.118. The molecule has 2 aromatic carbocycles. The lowest BCUT2D eigenvalue weighted by Gasteiger charge is -2.14. The predicted molar refractivity (Wildman–Crippen MR) is 74.6 cm³/mol. The third kappa shape index (κ3) is 3.33. The number of rotatable bonds is 5. The molecule has 0 saturated carbocycles. The van der Waals surface area contributed by atoms with Gasteiger partial charge in [-0.2, -0.15) is 0 Å². The number of halogens is 2. The first-order chi connectivity index (χ1) is 9.61. The van der Waals surface area contributed by atoms with Crippen LogP contribution in [-0.2, 0) is 6.42 Å². The van der Waals surface area contributed by atoms with Gasteiger partial charge in [-0.3, -0.25) is 0 Å². The minimum atomic E-state index is -0.564. The second-order valence-corrected chi connectivity index (χ2v) is 4.51. The van der Waals surface area contributed by atoms with Gasteiger partial charge in [-0.05, 0) is 43.2 Å². The fourth-order valence-corrected chi connectivity index (χ4v) is 2.04. The summed E-state index contributed by atoms with van der Waals surface area (Å²) >= 11 is 0. The Morgan fingerprint density at radius 1 is 1.05 bits per heavy atom. The van der Waals surface area contributed by atoms with Crippen molar-refractivity contribution < 1.29 is 13.5 Å². The van der Waals surface area contributed by atoms with Gasteiger partial charge in [0, 0.05) is 11.6 Å². The molecular weight excluding hydrogens is 260 g/mol. The van der Waals surface area contributed by atoms with Crippen LogP contribution in [-0.4, -0.2) is 6.61 Å². The summed E-state index contributed by atoms with van der Waals surface area (Å²) in [5.41, 5.74) is 6.85. The number of hydrogen-bond donors (Lipinski definition) is 1. The van der Waals surface area contributed by atoms with Gasteiger partial charge in [-0.25, -0.2) is 8.78 Å². The largest absolute Gasteiger partial charge is 0.494 e. The van der Waals surface area contributed by atoms with Crippen LogP contribution in [0.1, 0.15) is 24.1 Å². The summed E-state index contributed by atoms with van der Waals surface area (Å²) in [4.78, 5) is 0. The SMILES string of the molecule is CCOc1ccc(C(N)Cc2c(F)cccc2F)cc1. The molecule has 1 unspecified atom stereocenters. The molecular formula is C16H17F2NO. The zero-order chi connectivity index (χ0) is 14.5. The van der Waals surface area contributed by atoms with Crippen molar-refractivity contribution in [3.63, 3.8) is 0 Å². The van der Waals surface area contributed by atoms with E-state index in [4.69, 9.17) is 10.5 Å². The van der Waals surface area contributed by atoms with Crippen molar-refractivity contribution in [2.75, 3.05) is 6.61 Å². The van der Waals surface area contributed by atoms with Crippen LogP contribution >= 0.6 is 0 Å². The summed E-state index contributed by atoms with van der Waals surface area (Å²) in [6, 6.07) is 10.6. The molecule has 0 aliphatic heterocycles. The molecule has 0 radical (unpaired) electrons. The Kier molecular flexibility index (Phi) is 4.69. The standard InChI is InChI=1S/C16H17F2NO/c1-2-20-12-8-6-11(7-9-12)16(19)10-13-14(17)4-3-5-15(13)18/h3-9,16H,2,10,19H2,1H3. The lowest BCUT2D eigenvalue weighted by atomic mass is 9.99. The van der Waals surface area contributed by atoms with Gasteiger partial charge in [0.15, 0.2) is 0 Å². The van der Waals surface area contributed by atoms with Crippen molar-refractivity contribution in [3.05, 3.63) is 65.2 Å². The molecule has 0 aliphatic rings. The van der Waals surface area contributed by atoms with Crippen molar-refractivity contribution in [1.82, 2.24) is 0 Å². The van der Waals surface area contributed by atoms with E-state index < -0.39 is 17.7 Å². The molecule has 0 bridgehead atoms. The number of hydrogen-bond acceptors (Lipinski definition) is 2. The van der Waals surface area contributed by atoms with Crippen LogP contribution in [0.2, 0.25) is 0 Å². The van der Waals surface area contributed by atoms with Crippen molar-refractivity contribution in [2.45, 2.75) is 19.4 Å². The van der Waals surface area contributed by atoms with E-state index in [9.17, 15) is 8.78 Å². The van der Waals surface area contributed by atoms with Gasteiger partial charge in [0.25, 0.3) is 0 Å². The molecule has 1 atom stereocenters. The molecule has 2 aromatic rings. The summed E-state index contributed by atoms with van der Waals surface area (Å²) in [5, 5.41) is 0. The van der Waals surface area contributed by atoms with E-state index in [2.05, 4.69) is 0 Å². The Bertz CT molecular complexity index is 549. The smallest absolute Gasteiger partial charge is 0.129 e. The van der Waals surface area contributed by atoms with Gasteiger partial charge in [-0.1, -0.05) is 18.2 Å². The van der Waals surface area contributed by atoms with Crippen LogP contribution < -0.4 is 10.5 Å². The minimum Gasteiger partial charge on any atom is -0.494 e. The molecule has 0 aliphatic carbocycles. The fraction of sp³-hybridized carbons (Fsp3) is 0.250. The van der Waals surface area contributed by atoms with Gasteiger partial charge in [0.1, 0.15) is 17.4 Å². The monoisotopic (exact) mass is 277 g/mol. The Morgan fingerprint density at radius 3 is 2.20 bits per heavy atom. The molecule has 106 valence electrons. The zero-order valence-electron chi connectivity index (χ0n) is 11.3. The Hall–Kier alpha value is -1.94. The predicted octanol–water partition coefficient (Wildman–Crippen LogP) is 3.61. The molecule has 0 heterocycles. The highest BCUT2D eigenvalue weighted by atomic mass is 19.1. The highest BCUT2D eigenvalue weighted by Crippen LogP contribution is 2.22. The van der Waals surface area contributed by atoms with Crippen LogP contribution in [0.5, 0.6) is 5.75 Å². The summed E-state index contributed by atoms with van der Waals surface area (Å²) in [6.45, 7) is 2.49. The third-order valence-electron chi connectivity index (χ3n) is 3.10. The molecule has 0 aromatic heterocycles. The molecule has 2 nitrogen and oxygen atoms in total. The Labute approximate surface area is 117 Å². The van der Waals surface area contributed by atoms with Gasteiger partial charge >= 0.3 is 0 Å². The minimum absolute atomic E-state index is 0.0221. The van der Waals surface area contributed by atoms with E-state index >= 15 is 0 Å². The van der Waals surface area contributed by atoms with Crippen LogP contribution in [0.15, 0.2) is 42.5 Å². The van der Waals surface area contributed by atoms with Crippen molar-refractivity contribution in [1.29, 1.82) is 0 Å². The lowest BCUT2D eigenvalue weighted by Crippen LogP contribution is -2.15. The normalized spacial score (nSPS) is 12.2. The van der Waals surface area contributed by atoms with Crippen molar-refractivity contribution in [3.8, 4) is 5.75 Å². The average molecular weight is 277 g/mol. The first-order valence-electron chi connectivity index (χ1n) is 6.53. The van der Waals surface area contributed by atoms with Crippen molar-refractivity contribution >= 4 is 0 Å². The van der Waals surface area contributed by atoms with E-state index in [-0.39, 0.29) is 12.0 Å². The molecule has 0 spiro atoms. The van der Waals surface area contributed by atoms with E-state index in [0.717, 1.165) is 11.3 Å². The molecule has 20 heavy (non-hydrogen) atoms. The molecule has 0 saturated heterocycles. The summed E-state index contributed by atoms with van der Waals surface area (Å²) in [7, 11) is 0. The van der Waals surface area contributed by atoms with Crippen LogP contribution in [0.3, 0.4) is 0 Å². The topological polar surface area (TPSA) is 35.2 Å². The Morgan fingerprint density at radius 2 is 1.65 bits per heavy atom. The summed E-state index contributed by atoms with van der Waals surface area (Å²) in [5.74, 6) is -0.377. The van der Waals surface area contributed by atoms with E-state index in [1.54, 1.807) is 12.1 Å². The second kappa shape index (κ2) is 6.48. The summed E-state index contributed by atoms with van der Waals surface area (Å²) < 4.78 is 32.5. The average Bonchev–Trinajstić information content (AvgIpc) is 2.44. The van der Waals surface area contributed by atoms with E-state index in [1.165, 1.54) is 18.2 Å². The van der Waals surface area contributed by atoms with Crippen LogP contribution in [0.4, 0.5) is 8.78 Å². The fourth-order valence-electron chi connectivity index (χ4n) is 2.04. The quantitative estimate of drug-likeness (QED) is 0.906. The lowest BCUT2D eigenvalue weighted by molar-refractivity contribution is 0.340. The van der Waals surface area contributed by atoms with E-state index in [0.29, 0.717) is 6.61 Å². The number of nitrogens with two attached hydrogens (primary N) is 1. The maximum Gasteiger partial charge on any atom is 0.129 e. The maximum absolute atomic E-state index is 13.6. The van der Waals surface area contributed by atoms with Gasteiger partial charge in [0.05, 0.1) is 6.61 Å². The highest BCUT2D eigenvalue weighted by Gasteiger charge is 2.14. The van der Waals surface area contributed by atoms with Gasteiger partial charge in [-0.15, -0.1) is 0 Å².